The Morgan fingerprint density at radius 1 is 0.974 bits per heavy atom. The van der Waals surface area contributed by atoms with Crippen molar-refractivity contribution in [2.24, 2.45) is 0 Å². The van der Waals surface area contributed by atoms with Crippen molar-refractivity contribution in [1.82, 2.24) is 9.97 Å². The largest absolute Gasteiger partial charge is 0.462 e. The highest BCUT2D eigenvalue weighted by molar-refractivity contribution is 8.00. The zero-order valence-corrected chi connectivity index (χ0v) is 22.9. The summed E-state index contributed by atoms with van der Waals surface area (Å²) in [5.41, 5.74) is 4.79. The second-order valence-electron chi connectivity index (χ2n) is 8.29. The molecule has 0 unspecified atom stereocenters. The molecular formula is C28H22FN3O3S3. The molecule has 0 saturated heterocycles. The average molecular weight is 564 g/mol. The first-order valence-corrected chi connectivity index (χ1v) is 14.5. The molecule has 0 radical (unpaired) electrons. The van der Waals surface area contributed by atoms with Crippen LogP contribution < -0.4 is 5.32 Å². The number of anilines is 1. The van der Waals surface area contributed by atoms with Gasteiger partial charge in [0.15, 0.2) is 0 Å². The highest BCUT2D eigenvalue weighted by atomic mass is 32.2. The fourth-order valence-electron chi connectivity index (χ4n) is 3.90. The number of ether oxygens (including phenoxy) is 1. The quantitative estimate of drug-likeness (QED) is 0.120. The molecule has 0 aliphatic rings. The van der Waals surface area contributed by atoms with Crippen molar-refractivity contribution in [1.29, 1.82) is 0 Å². The van der Waals surface area contributed by atoms with E-state index in [1.807, 2.05) is 41.9 Å². The van der Waals surface area contributed by atoms with Gasteiger partial charge in [0.05, 0.1) is 17.7 Å². The third kappa shape index (κ3) is 5.47. The highest BCUT2D eigenvalue weighted by Crippen LogP contribution is 2.39. The molecule has 2 aromatic carbocycles. The Hall–Kier alpha value is -3.60. The number of aromatic nitrogens is 2. The topological polar surface area (TPSA) is 81.2 Å². The standard InChI is InChI=1S/C28H22FN3O3S3/c1-3-35-28(34)24-21(17-6-4-16(2)5-7-17)13-37-27(24)32-22(33)14-38-26-23-20(12-36-25(23)30-15-31-26)18-8-10-19(29)11-9-18/h4-13,15H,3,14H2,1-2H3,(H,32,33). The Bertz CT molecular complexity index is 1610. The van der Waals surface area contributed by atoms with Gasteiger partial charge >= 0.3 is 5.97 Å². The minimum atomic E-state index is -0.480. The van der Waals surface area contributed by atoms with E-state index in [1.165, 1.54) is 52.9 Å². The number of carbonyl (C=O) groups excluding carboxylic acids is 2. The van der Waals surface area contributed by atoms with Crippen LogP contribution in [-0.2, 0) is 9.53 Å². The van der Waals surface area contributed by atoms with Gasteiger partial charge in [-0.05, 0) is 37.1 Å². The molecule has 3 aromatic heterocycles. The fraction of sp³-hybridized carbons (Fsp3) is 0.143. The predicted octanol–water partition coefficient (Wildman–Crippen LogP) is 7.44. The van der Waals surface area contributed by atoms with Crippen LogP contribution in [0.5, 0.6) is 0 Å². The summed E-state index contributed by atoms with van der Waals surface area (Å²) in [6, 6.07) is 14.1. The van der Waals surface area contributed by atoms with E-state index >= 15 is 0 Å². The molecule has 3 heterocycles. The molecule has 0 saturated carbocycles. The number of rotatable bonds is 8. The van der Waals surface area contributed by atoms with Gasteiger partial charge in [0.2, 0.25) is 5.91 Å². The molecule has 38 heavy (non-hydrogen) atoms. The molecular weight excluding hydrogens is 542 g/mol. The average Bonchev–Trinajstić information content (AvgIpc) is 3.53. The molecule has 0 spiro atoms. The lowest BCUT2D eigenvalue weighted by molar-refractivity contribution is -0.113. The molecule has 1 N–H and O–H groups in total. The monoisotopic (exact) mass is 563 g/mol. The van der Waals surface area contributed by atoms with Crippen LogP contribution in [-0.4, -0.2) is 34.2 Å². The normalized spacial score (nSPS) is 11.0. The van der Waals surface area contributed by atoms with Crippen molar-refractivity contribution < 1.29 is 18.7 Å². The first kappa shape index (κ1) is 26.0. The van der Waals surface area contributed by atoms with E-state index in [1.54, 1.807) is 19.1 Å². The summed E-state index contributed by atoms with van der Waals surface area (Å²) in [5.74, 6) is -0.988. The maximum atomic E-state index is 13.4. The number of benzene rings is 2. The van der Waals surface area contributed by atoms with E-state index in [0.717, 1.165) is 38.0 Å². The number of amides is 1. The number of hydrogen-bond donors (Lipinski definition) is 1. The number of nitrogens with one attached hydrogen (secondary N) is 1. The van der Waals surface area contributed by atoms with Crippen molar-refractivity contribution in [3.05, 3.63) is 82.6 Å². The van der Waals surface area contributed by atoms with E-state index < -0.39 is 5.97 Å². The number of nitrogens with zero attached hydrogens (tertiary/aromatic N) is 2. The fourth-order valence-corrected chi connectivity index (χ4v) is 6.66. The Labute approximate surface area is 230 Å². The van der Waals surface area contributed by atoms with Gasteiger partial charge in [-0.3, -0.25) is 4.79 Å². The molecule has 10 heteroatoms. The van der Waals surface area contributed by atoms with Crippen LogP contribution in [0.4, 0.5) is 9.39 Å². The molecule has 192 valence electrons. The summed E-state index contributed by atoms with van der Waals surface area (Å²) < 4.78 is 18.7. The predicted molar refractivity (Wildman–Crippen MR) is 153 cm³/mol. The summed E-state index contributed by atoms with van der Waals surface area (Å²) in [6.07, 6.45) is 1.47. The number of thiophene rings is 2. The van der Waals surface area contributed by atoms with Crippen LogP contribution in [0.1, 0.15) is 22.8 Å². The second kappa shape index (κ2) is 11.4. The molecule has 5 rings (SSSR count). The van der Waals surface area contributed by atoms with Gasteiger partial charge in [-0.15, -0.1) is 22.7 Å². The van der Waals surface area contributed by atoms with Crippen LogP contribution in [0.25, 0.3) is 32.5 Å². The van der Waals surface area contributed by atoms with Gasteiger partial charge in [-0.1, -0.05) is 53.7 Å². The molecule has 0 atom stereocenters. The van der Waals surface area contributed by atoms with Crippen LogP contribution in [0.3, 0.4) is 0 Å². The van der Waals surface area contributed by atoms with Crippen molar-refractivity contribution in [3.63, 3.8) is 0 Å². The number of carbonyl (C=O) groups is 2. The molecule has 0 bridgehead atoms. The van der Waals surface area contributed by atoms with Gasteiger partial charge in [-0.25, -0.2) is 19.2 Å². The summed E-state index contributed by atoms with van der Waals surface area (Å²) in [6.45, 7) is 3.97. The molecule has 0 aliphatic carbocycles. The number of esters is 1. The van der Waals surface area contributed by atoms with Crippen LogP contribution in [0.15, 0.2) is 70.6 Å². The minimum absolute atomic E-state index is 0.0743. The lowest BCUT2D eigenvalue weighted by atomic mass is 10.0. The van der Waals surface area contributed by atoms with E-state index in [2.05, 4.69) is 15.3 Å². The number of thioether (sulfide) groups is 1. The molecule has 1 amide bonds. The molecule has 6 nitrogen and oxygen atoms in total. The zero-order chi connectivity index (χ0) is 26.6. The van der Waals surface area contributed by atoms with Gasteiger partial charge < -0.3 is 10.1 Å². The third-order valence-corrected chi connectivity index (χ3v) is 8.49. The first-order valence-electron chi connectivity index (χ1n) is 11.7. The summed E-state index contributed by atoms with van der Waals surface area (Å²) in [7, 11) is 0. The van der Waals surface area contributed by atoms with Crippen molar-refractivity contribution in [3.8, 4) is 22.3 Å². The van der Waals surface area contributed by atoms with E-state index in [4.69, 9.17) is 4.74 Å². The SMILES string of the molecule is CCOC(=O)c1c(-c2ccc(C)cc2)csc1NC(=O)CSc1ncnc2scc(-c3ccc(F)cc3)c12. The van der Waals surface area contributed by atoms with E-state index in [-0.39, 0.29) is 24.1 Å². The Morgan fingerprint density at radius 2 is 1.66 bits per heavy atom. The van der Waals surface area contributed by atoms with Crippen LogP contribution in [0.2, 0.25) is 0 Å². The van der Waals surface area contributed by atoms with Crippen molar-refractivity contribution in [2.45, 2.75) is 18.9 Å². The number of halogens is 1. The maximum Gasteiger partial charge on any atom is 0.341 e. The van der Waals surface area contributed by atoms with Crippen molar-refractivity contribution >= 4 is 61.5 Å². The summed E-state index contributed by atoms with van der Waals surface area (Å²) in [5, 5.41) is 8.63. The smallest absolute Gasteiger partial charge is 0.341 e. The van der Waals surface area contributed by atoms with Gasteiger partial charge in [-0.2, -0.15) is 0 Å². The van der Waals surface area contributed by atoms with Crippen molar-refractivity contribution in [2.75, 3.05) is 17.7 Å². The van der Waals surface area contributed by atoms with E-state index in [0.29, 0.717) is 15.6 Å². The summed E-state index contributed by atoms with van der Waals surface area (Å²) >= 11 is 4.04. The zero-order valence-electron chi connectivity index (χ0n) is 20.5. The highest BCUT2D eigenvalue weighted by Gasteiger charge is 2.23. The summed E-state index contributed by atoms with van der Waals surface area (Å²) in [4.78, 5) is 35.4. The number of hydrogen-bond acceptors (Lipinski definition) is 8. The Morgan fingerprint density at radius 3 is 2.39 bits per heavy atom. The Balaban J connectivity index is 1.38. The van der Waals surface area contributed by atoms with Gasteiger partial charge in [0, 0.05) is 21.9 Å². The Kier molecular flexibility index (Phi) is 7.82. The van der Waals surface area contributed by atoms with Crippen LogP contribution in [0, 0.1) is 12.7 Å². The van der Waals surface area contributed by atoms with Gasteiger partial charge in [0.25, 0.3) is 0 Å². The van der Waals surface area contributed by atoms with E-state index in [9.17, 15) is 14.0 Å². The van der Waals surface area contributed by atoms with Gasteiger partial charge in [0.1, 0.15) is 32.6 Å². The number of fused-ring (bicyclic) bond motifs is 1. The third-order valence-electron chi connectivity index (χ3n) is 5.72. The minimum Gasteiger partial charge on any atom is -0.462 e. The van der Waals surface area contributed by atoms with Crippen LogP contribution >= 0.6 is 34.4 Å². The maximum absolute atomic E-state index is 13.4. The lowest BCUT2D eigenvalue weighted by Crippen LogP contribution is -2.16. The second-order valence-corrected chi connectivity index (χ2v) is 11.0. The first-order chi connectivity index (χ1) is 18.4. The molecule has 5 aromatic rings. The lowest BCUT2D eigenvalue weighted by Gasteiger charge is -2.09. The number of aryl methyl sites for hydroxylation is 1. The molecule has 0 aliphatic heterocycles. The molecule has 0 fully saturated rings.